The van der Waals surface area contributed by atoms with E-state index >= 15 is 0 Å². The number of carbonyl (C=O) groups is 1. The van der Waals surface area contributed by atoms with Gasteiger partial charge < -0.3 is 4.74 Å². The van der Waals surface area contributed by atoms with Gasteiger partial charge in [0.05, 0.1) is 0 Å². The highest BCUT2D eigenvalue weighted by molar-refractivity contribution is 5.92. The molecule has 0 bridgehead atoms. The lowest BCUT2D eigenvalue weighted by atomic mass is 9.89. The number of ether oxygens (including phenoxy) is 1. The summed E-state index contributed by atoms with van der Waals surface area (Å²) in [5, 5.41) is 0. The van der Waals surface area contributed by atoms with Gasteiger partial charge in [0.25, 0.3) is 0 Å². The molecule has 2 heteroatoms. The van der Waals surface area contributed by atoms with Crippen molar-refractivity contribution in [2.45, 2.75) is 64.4 Å². The van der Waals surface area contributed by atoms with E-state index in [1.165, 1.54) is 31.3 Å². The molecule has 84 valence electrons. The van der Waals surface area contributed by atoms with Crippen LogP contribution in [0.15, 0.2) is 11.1 Å². The maximum absolute atomic E-state index is 11.7. The van der Waals surface area contributed by atoms with Crippen LogP contribution >= 0.6 is 0 Å². The predicted octanol–water partition coefficient (Wildman–Crippen LogP) is 3.36. The average Bonchev–Trinajstić information content (AvgIpc) is 2.56. The van der Waals surface area contributed by atoms with Crippen LogP contribution in [-0.2, 0) is 9.53 Å². The van der Waals surface area contributed by atoms with Gasteiger partial charge in [0, 0.05) is 5.57 Å². The third-order valence-corrected chi connectivity index (χ3v) is 3.46. The number of carbonyl (C=O) groups excluding carboxylic acids is 1. The van der Waals surface area contributed by atoms with Crippen LogP contribution < -0.4 is 0 Å². The molecule has 1 heterocycles. The molecule has 0 radical (unpaired) electrons. The highest BCUT2D eigenvalue weighted by Crippen LogP contribution is 2.36. The van der Waals surface area contributed by atoms with Gasteiger partial charge in [0.1, 0.15) is 6.10 Å². The molecular formula is C13H20O2. The molecule has 0 N–H and O–H groups in total. The van der Waals surface area contributed by atoms with Crippen molar-refractivity contribution in [2.24, 2.45) is 0 Å². The van der Waals surface area contributed by atoms with E-state index in [2.05, 4.69) is 6.92 Å². The molecule has 2 nitrogen and oxygen atoms in total. The molecule has 1 unspecified atom stereocenters. The number of unbranched alkanes of at least 4 members (excludes halogenated alkanes) is 2. The summed E-state index contributed by atoms with van der Waals surface area (Å²) in [6.07, 6.45) is 9.26. The van der Waals surface area contributed by atoms with Gasteiger partial charge in [-0.2, -0.15) is 0 Å². The first-order valence-corrected chi connectivity index (χ1v) is 6.26. The first kappa shape index (κ1) is 10.7. The molecule has 0 saturated heterocycles. The van der Waals surface area contributed by atoms with E-state index in [4.69, 9.17) is 4.74 Å². The van der Waals surface area contributed by atoms with Gasteiger partial charge in [-0.15, -0.1) is 0 Å². The lowest BCUT2D eigenvalue weighted by molar-refractivity contribution is -0.140. The molecule has 15 heavy (non-hydrogen) atoms. The number of hydrogen-bond donors (Lipinski definition) is 0. The molecule has 1 fully saturated rings. The summed E-state index contributed by atoms with van der Waals surface area (Å²) in [5.74, 6) is -0.0204. The Kier molecular flexibility index (Phi) is 3.45. The summed E-state index contributed by atoms with van der Waals surface area (Å²) in [6.45, 7) is 2.19. The Labute approximate surface area is 91.7 Å². The summed E-state index contributed by atoms with van der Waals surface area (Å²) < 4.78 is 5.40. The minimum absolute atomic E-state index is 0.0204. The zero-order chi connectivity index (χ0) is 10.7. The maximum Gasteiger partial charge on any atom is 0.334 e. The molecule has 2 rings (SSSR count). The van der Waals surface area contributed by atoms with Gasteiger partial charge in [0.15, 0.2) is 0 Å². The third kappa shape index (κ3) is 2.24. The van der Waals surface area contributed by atoms with Gasteiger partial charge in [-0.3, -0.25) is 0 Å². The summed E-state index contributed by atoms with van der Waals surface area (Å²) >= 11 is 0. The van der Waals surface area contributed by atoms with Crippen molar-refractivity contribution in [1.29, 1.82) is 0 Å². The van der Waals surface area contributed by atoms with Crippen molar-refractivity contribution in [1.82, 2.24) is 0 Å². The molecule has 1 aliphatic heterocycles. The molecule has 0 aromatic heterocycles. The van der Waals surface area contributed by atoms with Crippen LogP contribution in [0.2, 0.25) is 0 Å². The van der Waals surface area contributed by atoms with Crippen molar-refractivity contribution in [3.05, 3.63) is 11.1 Å². The largest absolute Gasteiger partial charge is 0.454 e. The lowest BCUT2D eigenvalue weighted by Gasteiger charge is -2.19. The Morgan fingerprint density at radius 1 is 1.33 bits per heavy atom. The first-order valence-electron chi connectivity index (χ1n) is 6.26. The van der Waals surface area contributed by atoms with Crippen LogP contribution in [0, 0.1) is 0 Å². The minimum atomic E-state index is -0.0204. The van der Waals surface area contributed by atoms with Crippen LogP contribution in [0.25, 0.3) is 0 Å². The quantitative estimate of drug-likeness (QED) is 0.523. The summed E-state index contributed by atoms with van der Waals surface area (Å²) in [7, 11) is 0. The Morgan fingerprint density at radius 2 is 2.20 bits per heavy atom. The normalized spacial score (nSPS) is 25.4. The van der Waals surface area contributed by atoms with Gasteiger partial charge in [-0.25, -0.2) is 4.79 Å². The second-order valence-corrected chi connectivity index (χ2v) is 4.60. The first-order chi connectivity index (χ1) is 7.33. The van der Waals surface area contributed by atoms with Crippen LogP contribution in [0.1, 0.15) is 58.3 Å². The summed E-state index contributed by atoms with van der Waals surface area (Å²) in [4.78, 5) is 11.7. The van der Waals surface area contributed by atoms with E-state index in [0.29, 0.717) is 0 Å². The molecule has 1 atom stereocenters. The molecule has 0 aromatic carbocycles. The molecular weight excluding hydrogens is 188 g/mol. The zero-order valence-corrected chi connectivity index (χ0v) is 9.55. The standard InChI is InChI=1S/C13H20O2/c1-2-3-4-8-11-10-7-5-6-9-12(10)15-13(11)14/h12H,2-9H2,1H3. The minimum Gasteiger partial charge on any atom is -0.454 e. The van der Waals surface area contributed by atoms with E-state index in [1.807, 2.05) is 0 Å². The highest BCUT2D eigenvalue weighted by atomic mass is 16.5. The van der Waals surface area contributed by atoms with Gasteiger partial charge >= 0.3 is 5.97 Å². The molecule has 0 spiro atoms. The fraction of sp³-hybridized carbons (Fsp3) is 0.769. The Hall–Kier alpha value is -0.790. The van der Waals surface area contributed by atoms with Crippen LogP contribution in [-0.4, -0.2) is 12.1 Å². The van der Waals surface area contributed by atoms with Gasteiger partial charge in [-0.1, -0.05) is 19.8 Å². The van der Waals surface area contributed by atoms with Gasteiger partial charge in [0.2, 0.25) is 0 Å². The fourth-order valence-corrected chi connectivity index (χ4v) is 2.60. The van der Waals surface area contributed by atoms with E-state index < -0.39 is 0 Å². The average molecular weight is 208 g/mol. The van der Waals surface area contributed by atoms with Crippen LogP contribution in [0.3, 0.4) is 0 Å². The Bertz CT molecular complexity index is 278. The van der Waals surface area contributed by atoms with Crippen molar-refractivity contribution in [3.63, 3.8) is 0 Å². The number of esters is 1. The Morgan fingerprint density at radius 3 is 3.00 bits per heavy atom. The van der Waals surface area contributed by atoms with Gasteiger partial charge in [-0.05, 0) is 44.1 Å². The number of fused-ring (bicyclic) bond motifs is 1. The van der Waals surface area contributed by atoms with Crippen molar-refractivity contribution in [3.8, 4) is 0 Å². The maximum atomic E-state index is 11.7. The molecule has 0 aromatic rings. The number of hydrogen-bond acceptors (Lipinski definition) is 2. The van der Waals surface area contributed by atoms with E-state index in [9.17, 15) is 4.79 Å². The zero-order valence-electron chi connectivity index (χ0n) is 9.55. The second-order valence-electron chi connectivity index (χ2n) is 4.60. The predicted molar refractivity (Wildman–Crippen MR) is 59.5 cm³/mol. The SMILES string of the molecule is CCCCCC1=C2CCCCC2OC1=O. The monoisotopic (exact) mass is 208 g/mol. The van der Waals surface area contributed by atoms with Crippen molar-refractivity contribution in [2.75, 3.05) is 0 Å². The molecule has 0 amide bonds. The Balaban J connectivity index is 2.01. The van der Waals surface area contributed by atoms with Crippen molar-refractivity contribution < 1.29 is 9.53 Å². The molecule has 1 aliphatic carbocycles. The topological polar surface area (TPSA) is 26.3 Å². The van der Waals surface area contributed by atoms with Crippen LogP contribution in [0.4, 0.5) is 0 Å². The van der Waals surface area contributed by atoms with E-state index in [-0.39, 0.29) is 12.1 Å². The highest BCUT2D eigenvalue weighted by Gasteiger charge is 2.34. The summed E-state index contributed by atoms with van der Waals surface area (Å²) in [6, 6.07) is 0. The third-order valence-electron chi connectivity index (χ3n) is 3.46. The second kappa shape index (κ2) is 4.82. The fourth-order valence-electron chi connectivity index (χ4n) is 2.60. The molecule has 2 aliphatic rings. The lowest BCUT2D eigenvalue weighted by Crippen LogP contribution is -2.15. The van der Waals surface area contributed by atoms with E-state index in [1.54, 1.807) is 0 Å². The smallest absolute Gasteiger partial charge is 0.334 e. The summed E-state index contributed by atoms with van der Waals surface area (Å²) in [5.41, 5.74) is 2.36. The van der Waals surface area contributed by atoms with Crippen LogP contribution in [0.5, 0.6) is 0 Å². The van der Waals surface area contributed by atoms with E-state index in [0.717, 1.165) is 31.3 Å². The van der Waals surface area contributed by atoms with Crippen molar-refractivity contribution >= 4 is 5.97 Å². The number of rotatable bonds is 4. The molecule has 1 saturated carbocycles.